The molecule has 0 fully saturated rings. The number of benzene rings is 1. The maximum atomic E-state index is 13.0. The van der Waals surface area contributed by atoms with Gasteiger partial charge in [-0.15, -0.1) is 0 Å². The maximum Gasteiger partial charge on any atom is 0.242 e. The monoisotopic (exact) mass is 268 g/mol. The van der Waals surface area contributed by atoms with Gasteiger partial charge in [0.15, 0.2) is 0 Å². The molecule has 4 nitrogen and oxygen atoms in total. The molecule has 0 heterocycles. The standard InChI is InChI=1S/C14H21FN2O2/c1-10-9-12(15)5-6-13(10)17-11(2)14(18)16-7-4-8-19-3/h5-6,9,11,17H,4,7-8H2,1-3H3,(H,16,18). The van der Waals surface area contributed by atoms with Crippen LogP contribution in [0.1, 0.15) is 18.9 Å². The molecule has 2 N–H and O–H groups in total. The van der Waals surface area contributed by atoms with E-state index in [0.717, 1.165) is 17.7 Å². The Morgan fingerprint density at radius 1 is 1.47 bits per heavy atom. The zero-order valence-electron chi connectivity index (χ0n) is 11.6. The molecule has 0 aromatic heterocycles. The first-order valence-electron chi connectivity index (χ1n) is 6.34. The first-order chi connectivity index (χ1) is 9.04. The van der Waals surface area contributed by atoms with Crippen LogP contribution in [0.15, 0.2) is 18.2 Å². The highest BCUT2D eigenvalue weighted by Crippen LogP contribution is 2.16. The Hall–Kier alpha value is -1.62. The number of halogens is 1. The quantitative estimate of drug-likeness (QED) is 0.744. The van der Waals surface area contributed by atoms with Crippen molar-refractivity contribution in [3.63, 3.8) is 0 Å². The van der Waals surface area contributed by atoms with E-state index < -0.39 is 0 Å². The molecule has 19 heavy (non-hydrogen) atoms. The van der Waals surface area contributed by atoms with E-state index in [-0.39, 0.29) is 17.8 Å². The van der Waals surface area contributed by atoms with Gasteiger partial charge < -0.3 is 15.4 Å². The second kappa shape index (κ2) is 7.74. The van der Waals surface area contributed by atoms with E-state index in [1.54, 1.807) is 27.0 Å². The van der Waals surface area contributed by atoms with Crippen molar-refractivity contribution < 1.29 is 13.9 Å². The van der Waals surface area contributed by atoms with Gasteiger partial charge in [-0.2, -0.15) is 0 Å². The third-order valence-electron chi connectivity index (χ3n) is 2.78. The lowest BCUT2D eigenvalue weighted by molar-refractivity contribution is -0.121. The molecule has 0 aliphatic carbocycles. The molecule has 0 aliphatic heterocycles. The summed E-state index contributed by atoms with van der Waals surface area (Å²) < 4.78 is 17.9. The molecule has 0 radical (unpaired) electrons. The Morgan fingerprint density at radius 2 is 2.21 bits per heavy atom. The Kier molecular flexibility index (Phi) is 6.29. The van der Waals surface area contributed by atoms with Gasteiger partial charge in [-0.25, -0.2) is 4.39 Å². The summed E-state index contributed by atoms with van der Waals surface area (Å²) >= 11 is 0. The van der Waals surface area contributed by atoms with E-state index in [2.05, 4.69) is 10.6 Å². The minimum Gasteiger partial charge on any atom is -0.385 e. The first-order valence-corrected chi connectivity index (χ1v) is 6.34. The van der Waals surface area contributed by atoms with Crippen molar-refractivity contribution >= 4 is 11.6 Å². The summed E-state index contributed by atoms with van der Waals surface area (Å²) in [6.07, 6.45) is 0.782. The Bertz CT molecular complexity index is 424. The predicted octanol–water partition coefficient (Wildman–Crippen LogP) is 2.09. The summed E-state index contributed by atoms with van der Waals surface area (Å²) in [6.45, 7) is 4.78. The van der Waals surface area contributed by atoms with Gasteiger partial charge in [0.1, 0.15) is 11.9 Å². The predicted molar refractivity (Wildman–Crippen MR) is 73.7 cm³/mol. The van der Waals surface area contributed by atoms with Gasteiger partial charge in [0.05, 0.1) is 0 Å². The molecule has 106 valence electrons. The molecule has 0 aliphatic rings. The van der Waals surface area contributed by atoms with Crippen LogP contribution < -0.4 is 10.6 Å². The molecule has 1 amide bonds. The van der Waals surface area contributed by atoms with Crippen LogP contribution >= 0.6 is 0 Å². The second-order valence-electron chi connectivity index (χ2n) is 4.46. The van der Waals surface area contributed by atoms with Crippen molar-refractivity contribution in [3.8, 4) is 0 Å². The SMILES string of the molecule is COCCCNC(=O)C(C)Nc1ccc(F)cc1C. The number of carbonyl (C=O) groups is 1. The topological polar surface area (TPSA) is 50.4 Å². The lowest BCUT2D eigenvalue weighted by Crippen LogP contribution is -2.38. The van der Waals surface area contributed by atoms with E-state index in [1.165, 1.54) is 12.1 Å². The zero-order valence-corrected chi connectivity index (χ0v) is 11.6. The summed E-state index contributed by atoms with van der Waals surface area (Å²) in [6, 6.07) is 4.08. The number of ether oxygens (including phenoxy) is 1. The minimum atomic E-state index is -0.369. The summed E-state index contributed by atoms with van der Waals surface area (Å²) in [5, 5.41) is 5.88. The van der Waals surface area contributed by atoms with Crippen LogP contribution in [0.3, 0.4) is 0 Å². The number of hydrogen-bond acceptors (Lipinski definition) is 3. The van der Waals surface area contributed by atoms with Crippen LogP contribution in [0.4, 0.5) is 10.1 Å². The van der Waals surface area contributed by atoms with Crippen molar-refractivity contribution in [1.82, 2.24) is 5.32 Å². The number of methoxy groups -OCH3 is 1. The second-order valence-corrected chi connectivity index (χ2v) is 4.46. The van der Waals surface area contributed by atoms with Gasteiger partial charge in [0.2, 0.25) is 5.91 Å². The number of rotatable bonds is 7. The fraction of sp³-hybridized carbons (Fsp3) is 0.500. The van der Waals surface area contributed by atoms with Crippen molar-refractivity contribution in [2.24, 2.45) is 0 Å². The molecular weight excluding hydrogens is 247 g/mol. The summed E-state index contributed by atoms with van der Waals surface area (Å²) in [7, 11) is 1.63. The molecular formula is C14H21FN2O2. The number of aryl methyl sites for hydroxylation is 1. The molecule has 5 heteroatoms. The lowest BCUT2D eigenvalue weighted by Gasteiger charge is -2.16. The number of nitrogens with one attached hydrogen (secondary N) is 2. The number of anilines is 1. The minimum absolute atomic E-state index is 0.0835. The molecule has 1 aromatic carbocycles. The van der Waals surface area contributed by atoms with Crippen molar-refractivity contribution in [3.05, 3.63) is 29.6 Å². The summed E-state index contributed by atoms with van der Waals surface area (Å²) in [5.41, 5.74) is 1.54. The smallest absolute Gasteiger partial charge is 0.242 e. The molecule has 0 spiro atoms. The average molecular weight is 268 g/mol. The Balaban J connectivity index is 2.45. The highest BCUT2D eigenvalue weighted by molar-refractivity contribution is 5.84. The van der Waals surface area contributed by atoms with E-state index in [1.807, 2.05) is 0 Å². The van der Waals surface area contributed by atoms with Gasteiger partial charge in [-0.3, -0.25) is 4.79 Å². The molecule has 1 atom stereocenters. The average Bonchev–Trinajstić information content (AvgIpc) is 2.37. The van der Waals surface area contributed by atoms with Crippen LogP contribution in [0.25, 0.3) is 0 Å². The molecule has 1 aromatic rings. The Labute approximate surface area is 113 Å². The van der Waals surface area contributed by atoms with Gasteiger partial charge in [-0.1, -0.05) is 0 Å². The van der Waals surface area contributed by atoms with Crippen LogP contribution in [0.2, 0.25) is 0 Å². The largest absolute Gasteiger partial charge is 0.385 e. The molecule has 1 unspecified atom stereocenters. The van der Waals surface area contributed by atoms with Crippen LogP contribution in [-0.4, -0.2) is 32.2 Å². The molecule has 0 saturated heterocycles. The maximum absolute atomic E-state index is 13.0. The third-order valence-corrected chi connectivity index (χ3v) is 2.78. The molecule has 1 rings (SSSR count). The lowest BCUT2D eigenvalue weighted by atomic mass is 10.1. The highest BCUT2D eigenvalue weighted by Gasteiger charge is 2.12. The van der Waals surface area contributed by atoms with Crippen LogP contribution in [-0.2, 0) is 9.53 Å². The molecule has 0 bridgehead atoms. The van der Waals surface area contributed by atoms with Crippen LogP contribution in [0.5, 0.6) is 0 Å². The summed E-state index contributed by atoms with van der Waals surface area (Å²) in [4.78, 5) is 11.8. The zero-order chi connectivity index (χ0) is 14.3. The van der Waals surface area contributed by atoms with Crippen molar-refractivity contribution in [1.29, 1.82) is 0 Å². The van der Waals surface area contributed by atoms with Crippen LogP contribution in [0, 0.1) is 12.7 Å². The van der Waals surface area contributed by atoms with Crippen molar-refractivity contribution in [2.75, 3.05) is 25.6 Å². The first kappa shape index (κ1) is 15.4. The van der Waals surface area contributed by atoms with Gasteiger partial charge in [-0.05, 0) is 44.0 Å². The van der Waals surface area contributed by atoms with Gasteiger partial charge >= 0.3 is 0 Å². The fourth-order valence-electron chi connectivity index (χ4n) is 1.67. The fourth-order valence-corrected chi connectivity index (χ4v) is 1.67. The number of hydrogen-bond donors (Lipinski definition) is 2. The molecule has 0 saturated carbocycles. The number of carbonyl (C=O) groups excluding carboxylic acids is 1. The van der Waals surface area contributed by atoms with E-state index >= 15 is 0 Å². The Morgan fingerprint density at radius 3 is 2.84 bits per heavy atom. The highest BCUT2D eigenvalue weighted by atomic mass is 19.1. The van der Waals surface area contributed by atoms with Gasteiger partial charge in [0.25, 0.3) is 0 Å². The van der Waals surface area contributed by atoms with Crippen molar-refractivity contribution in [2.45, 2.75) is 26.3 Å². The summed E-state index contributed by atoms with van der Waals surface area (Å²) in [5.74, 6) is -0.362. The third kappa shape index (κ3) is 5.26. The van der Waals surface area contributed by atoms with E-state index in [9.17, 15) is 9.18 Å². The number of amides is 1. The van der Waals surface area contributed by atoms with E-state index in [4.69, 9.17) is 4.74 Å². The van der Waals surface area contributed by atoms with E-state index in [0.29, 0.717) is 13.2 Å². The van der Waals surface area contributed by atoms with Gasteiger partial charge in [0, 0.05) is 25.9 Å². The normalized spacial score (nSPS) is 12.0.